The van der Waals surface area contributed by atoms with Crippen molar-refractivity contribution in [3.63, 3.8) is 0 Å². The lowest BCUT2D eigenvalue weighted by atomic mass is 9.86. The molecule has 2 aromatic rings. The molecule has 170 valence electrons. The van der Waals surface area contributed by atoms with Gasteiger partial charge in [-0.25, -0.2) is 8.42 Å². The Kier molecular flexibility index (Phi) is 5.85. The predicted molar refractivity (Wildman–Crippen MR) is 123 cm³/mol. The van der Waals surface area contributed by atoms with Gasteiger partial charge in [0.15, 0.2) is 0 Å². The zero-order valence-corrected chi connectivity index (χ0v) is 19.5. The fourth-order valence-corrected chi connectivity index (χ4v) is 5.95. The lowest BCUT2D eigenvalue weighted by Crippen LogP contribution is -2.42. The fourth-order valence-electron chi connectivity index (χ4n) is 4.41. The van der Waals surface area contributed by atoms with Crippen LogP contribution in [0.3, 0.4) is 0 Å². The minimum atomic E-state index is -3.59. The number of carbonyl (C=O) groups is 2. The first-order chi connectivity index (χ1) is 15.1. The highest BCUT2D eigenvalue weighted by atomic mass is 32.2. The molecular formula is C24H29N3O4S. The van der Waals surface area contributed by atoms with Crippen molar-refractivity contribution in [2.75, 3.05) is 24.5 Å². The highest BCUT2D eigenvalue weighted by molar-refractivity contribution is 7.89. The Morgan fingerprint density at radius 2 is 1.78 bits per heavy atom. The monoisotopic (exact) mass is 455 g/mol. The number of sulfonamides is 1. The number of hydrogen-bond acceptors (Lipinski definition) is 4. The van der Waals surface area contributed by atoms with Gasteiger partial charge in [0.25, 0.3) is 0 Å². The van der Waals surface area contributed by atoms with Gasteiger partial charge in [-0.3, -0.25) is 9.59 Å². The quantitative estimate of drug-likeness (QED) is 0.726. The van der Waals surface area contributed by atoms with Crippen molar-refractivity contribution in [2.24, 2.45) is 0 Å². The van der Waals surface area contributed by atoms with Crippen molar-refractivity contribution in [2.45, 2.75) is 50.5 Å². The molecule has 0 unspecified atom stereocenters. The van der Waals surface area contributed by atoms with Crippen molar-refractivity contribution >= 4 is 27.5 Å². The van der Waals surface area contributed by atoms with Crippen LogP contribution in [0, 0.1) is 6.92 Å². The van der Waals surface area contributed by atoms with Crippen LogP contribution in [0.1, 0.15) is 43.4 Å². The molecule has 1 fully saturated rings. The molecule has 0 saturated carbocycles. The van der Waals surface area contributed by atoms with Crippen molar-refractivity contribution < 1.29 is 18.0 Å². The summed E-state index contributed by atoms with van der Waals surface area (Å²) in [5.74, 6) is -0.478. The lowest BCUT2D eigenvalue weighted by molar-refractivity contribution is -0.125. The van der Waals surface area contributed by atoms with Gasteiger partial charge in [-0.1, -0.05) is 24.3 Å². The molecule has 0 radical (unpaired) electrons. The van der Waals surface area contributed by atoms with Gasteiger partial charge in [0, 0.05) is 25.3 Å². The zero-order valence-electron chi connectivity index (χ0n) is 18.7. The Balaban J connectivity index is 1.55. The summed E-state index contributed by atoms with van der Waals surface area (Å²) in [6.07, 6.45) is 1.72. The minimum absolute atomic E-state index is 0.112. The van der Waals surface area contributed by atoms with Crippen molar-refractivity contribution in [1.82, 2.24) is 9.62 Å². The Labute approximate surface area is 189 Å². The standard InChI is InChI=1S/C24H29N3O4S/c1-17-8-4-5-9-18(17)15-25-22(28)16-27-21-11-10-19(14-20(21)24(2,3)23(27)29)32(30,31)26-12-6-7-13-26/h4-5,8-11,14H,6-7,12-13,15-16H2,1-3H3,(H,25,28). The molecule has 0 aromatic heterocycles. The third-order valence-corrected chi connectivity index (χ3v) is 8.35. The summed E-state index contributed by atoms with van der Waals surface area (Å²) < 4.78 is 27.5. The molecule has 0 bridgehead atoms. The third-order valence-electron chi connectivity index (χ3n) is 6.45. The van der Waals surface area contributed by atoms with E-state index in [0.29, 0.717) is 30.9 Å². The molecule has 7 nitrogen and oxygen atoms in total. The predicted octanol–water partition coefficient (Wildman–Crippen LogP) is 2.72. The third kappa shape index (κ3) is 3.93. The topological polar surface area (TPSA) is 86.8 Å². The lowest BCUT2D eigenvalue weighted by Gasteiger charge is -2.20. The molecule has 1 saturated heterocycles. The van der Waals surface area contributed by atoms with E-state index in [4.69, 9.17) is 0 Å². The van der Waals surface area contributed by atoms with Crippen molar-refractivity contribution in [3.8, 4) is 0 Å². The SMILES string of the molecule is Cc1ccccc1CNC(=O)CN1C(=O)C(C)(C)c2cc(S(=O)(=O)N3CCCC3)ccc21. The first kappa shape index (κ1) is 22.5. The molecule has 4 rings (SSSR count). The molecule has 2 aliphatic heterocycles. The van der Waals surface area contributed by atoms with Crippen LogP contribution in [-0.4, -0.2) is 44.2 Å². The molecule has 2 aromatic carbocycles. The van der Waals surface area contributed by atoms with Crippen LogP contribution in [0.25, 0.3) is 0 Å². The number of carbonyl (C=O) groups excluding carboxylic acids is 2. The first-order valence-electron chi connectivity index (χ1n) is 10.9. The van der Waals surface area contributed by atoms with E-state index < -0.39 is 15.4 Å². The summed E-state index contributed by atoms with van der Waals surface area (Å²) in [5.41, 5.74) is 2.41. The van der Waals surface area contributed by atoms with E-state index in [1.165, 1.54) is 9.21 Å². The Hall–Kier alpha value is -2.71. The molecule has 32 heavy (non-hydrogen) atoms. The van der Waals surface area contributed by atoms with Gasteiger partial charge in [-0.05, 0) is 68.5 Å². The van der Waals surface area contributed by atoms with E-state index in [0.717, 1.165) is 24.0 Å². The number of nitrogens with one attached hydrogen (secondary N) is 1. The fraction of sp³-hybridized carbons (Fsp3) is 0.417. The number of rotatable bonds is 6. The van der Waals surface area contributed by atoms with Gasteiger partial charge >= 0.3 is 0 Å². The average Bonchev–Trinajstić information content (AvgIpc) is 3.37. The Bertz CT molecular complexity index is 1170. The highest BCUT2D eigenvalue weighted by Gasteiger charge is 2.45. The average molecular weight is 456 g/mol. The largest absolute Gasteiger partial charge is 0.350 e. The maximum Gasteiger partial charge on any atom is 0.243 e. The molecule has 0 aliphatic carbocycles. The molecule has 2 aliphatic rings. The minimum Gasteiger partial charge on any atom is -0.350 e. The second kappa shape index (κ2) is 8.33. The Morgan fingerprint density at radius 3 is 2.47 bits per heavy atom. The summed E-state index contributed by atoms with van der Waals surface area (Å²) >= 11 is 0. The smallest absolute Gasteiger partial charge is 0.243 e. The number of amides is 2. The maximum absolute atomic E-state index is 13.2. The van der Waals surface area contributed by atoms with Crippen LogP contribution >= 0.6 is 0 Å². The molecule has 2 amide bonds. The van der Waals surface area contributed by atoms with E-state index in [1.807, 2.05) is 31.2 Å². The molecule has 0 atom stereocenters. The number of fused-ring (bicyclic) bond motifs is 1. The van der Waals surface area contributed by atoms with E-state index in [2.05, 4.69) is 5.32 Å². The summed E-state index contributed by atoms with van der Waals surface area (Å²) in [5, 5.41) is 2.88. The van der Waals surface area contributed by atoms with E-state index in [-0.39, 0.29) is 23.3 Å². The second-order valence-electron chi connectivity index (χ2n) is 9.01. The van der Waals surface area contributed by atoms with Crippen molar-refractivity contribution in [3.05, 3.63) is 59.2 Å². The van der Waals surface area contributed by atoms with Crippen molar-refractivity contribution in [1.29, 1.82) is 0 Å². The van der Waals surface area contributed by atoms with E-state index >= 15 is 0 Å². The van der Waals surface area contributed by atoms with Crippen LogP contribution in [-0.2, 0) is 31.6 Å². The number of nitrogens with zero attached hydrogens (tertiary/aromatic N) is 2. The van der Waals surface area contributed by atoms with E-state index in [1.54, 1.807) is 32.0 Å². The molecule has 1 N–H and O–H groups in total. The molecular weight excluding hydrogens is 426 g/mol. The van der Waals surface area contributed by atoms with Crippen LogP contribution in [0.5, 0.6) is 0 Å². The molecule has 2 heterocycles. The van der Waals surface area contributed by atoms with Crippen LogP contribution in [0.2, 0.25) is 0 Å². The van der Waals surface area contributed by atoms with Crippen LogP contribution in [0.4, 0.5) is 5.69 Å². The van der Waals surface area contributed by atoms with Gasteiger partial charge in [0.05, 0.1) is 10.3 Å². The number of anilines is 1. The summed E-state index contributed by atoms with van der Waals surface area (Å²) in [4.78, 5) is 27.4. The second-order valence-corrected chi connectivity index (χ2v) is 10.9. The summed E-state index contributed by atoms with van der Waals surface area (Å²) in [6, 6.07) is 12.6. The molecule has 8 heteroatoms. The van der Waals surface area contributed by atoms with Gasteiger partial charge in [0.1, 0.15) is 6.54 Å². The number of hydrogen-bond donors (Lipinski definition) is 1. The van der Waals surface area contributed by atoms with Gasteiger partial charge in [-0.15, -0.1) is 0 Å². The van der Waals surface area contributed by atoms with Crippen LogP contribution in [0.15, 0.2) is 47.4 Å². The summed E-state index contributed by atoms with van der Waals surface area (Å²) in [7, 11) is -3.59. The Morgan fingerprint density at radius 1 is 1.09 bits per heavy atom. The highest BCUT2D eigenvalue weighted by Crippen LogP contribution is 2.42. The number of benzene rings is 2. The number of aryl methyl sites for hydroxylation is 1. The van der Waals surface area contributed by atoms with Gasteiger partial charge in [-0.2, -0.15) is 4.31 Å². The van der Waals surface area contributed by atoms with Crippen LogP contribution < -0.4 is 10.2 Å². The first-order valence-corrected chi connectivity index (χ1v) is 12.3. The zero-order chi connectivity index (χ0) is 23.1. The summed E-state index contributed by atoms with van der Waals surface area (Å²) in [6.45, 7) is 6.84. The van der Waals surface area contributed by atoms with Gasteiger partial charge in [0.2, 0.25) is 21.8 Å². The van der Waals surface area contributed by atoms with Gasteiger partial charge < -0.3 is 10.2 Å². The van der Waals surface area contributed by atoms with E-state index in [9.17, 15) is 18.0 Å². The normalized spacial score (nSPS) is 18.1. The maximum atomic E-state index is 13.2. The molecule has 0 spiro atoms.